The highest BCUT2D eigenvalue weighted by molar-refractivity contribution is 7.91. The maximum Gasteiger partial charge on any atom is 0.314 e. The summed E-state index contributed by atoms with van der Waals surface area (Å²) in [7, 11) is -8.64. The van der Waals surface area contributed by atoms with E-state index in [4.69, 9.17) is 51.1 Å². The summed E-state index contributed by atoms with van der Waals surface area (Å²) in [5, 5.41) is 1.63. The molecule has 2 saturated heterocycles. The molecule has 0 bridgehead atoms. The number of sulfone groups is 2. The lowest BCUT2D eigenvalue weighted by Crippen LogP contribution is -2.59. The molecule has 19 heteroatoms. The minimum absolute atomic E-state index is 0.0219. The van der Waals surface area contributed by atoms with Gasteiger partial charge in [-0.05, 0) is 164 Å². The fraction of sp³-hybridized carbons (Fsp3) is 0.375. The number of halogens is 6. The smallest absolute Gasteiger partial charge is 0.314 e. The van der Waals surface area contributed by atoms with E-state index in [9.17, 15) is 30.8 Å². The molecule has 2 aliphatic heterocycles. The van der Waals surface area contributed by atoms with Gasteiger partial charge >= 0.3 is 11.9 Å². The number of rotatable bonds is 20. The number of likely N-dealkylation sites (tertiary alicyclic amines) is 2. The van der Waals surface area contributed by atoms with Gasteiger partial charge in [-0.1, -0.05) is 127 Å². The van der Waals surface area contributed by atoms with Crippen molar-refractivity contribution in [3.05, 3.63) is 200 Å². The summed E-state index contributed by atoms with van der Waals surface area (Å²) < 4.78 is 93.7. The Balaban J connectivity index is 1.02. The second-order valence-corrected chi connectivity index (χ2v) is 28.7. The number of benzene rings is 6. The average molecular weight is 1250 g/mol. The second-order valence-electron chi connectivity index (χ2n) is 22.9. The summed E-state index contributed by atoms with van der Waals surface area (Å²) in [6.45, 7) is 3.49. The normalized spacial score (nSPS) is 23.9. The van der Waals surface area contributed by atoms with Gasteiger partial charge in [0, 0.05) is 44.0 Å². The van der Waals surface area contributed by atoms with E-state index >= 15 is 14.0 Å². The van der Waals surface area contributed by atoms with Crippen molar-refractivity contribution < 1.29 is 49.5 Å². The Morgan fingerprint density at radius 1 is 0.542 bits per heavy atom. The predicted octanol–water partition coefficient (Wildman–Crippen LogP) is 14.5. The van der Waals surface area contributed by atoms with Crippen molar-refractivity contribution in [2.75, 3.05) is 11.5 Å². The van der Waals surface area contributed by atoms with E-state index in [-0.39, 0.29) is 42.4 Å². The number of hydrogen-bond acceptors (Lipinski definition) is 9. The van der Waals surface area contributed by atoms with Gasteiger partial charge in [-0.3, -0.25) is 19.2 Å². The first-order valence-corrected chi connectivity index (χ1v) is 32.7. The highest BCUT2D eigenvalue weighted by Crippen LogP contribution is 2.58. The molecule has 2 aliphatic carbocycles. The molecule has 0 radical (unpaired) electrons. The molecule has 2 amide bonds. The Labute approximate surface area is 503 Å². The maximum absolute atomic E-state index is 16.0. The molecule has 8 atom stereocenters. The van der Waals surface area contributed by atoms with Gasteiger partial charge < -0.3 is 14.5 Å². The van der Waals surface area contributed by atoms with Crippen molar-refractivity contribution in [3.63, 3.8) is 0 Å². The first-order valence-electron chi connectivity index (χ1n) is 27.9. The minimum Gasteiger partial charge on any atom is -0.393 e. The summed E-state index contributed by atoms with van der Waals surface area (Å²) in [5.74, 6) is -7.92. The van der Waals surface area contributed by atoms with Crippen LogP contribution in [0.4, 0.5) is 8.78 Å². The van der Waals surface area contributed by atoms with Crippen LogP contribution in [0, 0.1) is 34.3 Å². The number of ether oxygens (including phenoxy) is 1. The third-order valence-corrected chi connectivity index (χ3v) is 22.1. The summed E-state index contributed by atoms with van der Waals surface area (Å²) >= 11 is 26.3. The molecule has 2 saturated carbocycles. The summed E-state index contributed by atoms with van der Waals surface area (Å²) in [6.07, 6.45) is 1.21. The van der Waals surface area contributed by atoms with Crippen molar-refractivity contribution in [3.8, 4) is 0 Å². The Hall–Kier alpha value is -5.68. The van der Waals surface area contributed by atoms with Gasteiger partial charge in [0.05, 0.1) is 52.2 Å². The van der Waals surface area contributed by atoms with Gasteiger partial charge in [0.15, 0.2) is 19.7 Å². The number of amides is 2. The quantitative estimate of drug-likeness (QED) is 0.0537. The van der Waals surface area contributed by atoms with Crippen molar-refractivity contribution >= 4 is 89.8 Å². The van der Waals surface area contributed by atoms with Gasteiger partial charge in [-0.2, -0.15) is 0 Å². The Morgan fingerprint density at radius 2 is 0.976 bits per heavy atom. The number of esters is 2. The minimum atomic E-state index is -4.39. The van der Waals surface area contributed by atoms with Gasteiger partial charge in [0.25, 0.3) is 0 Å². The number of hydrogen-bond donors (Lipinski definition) is 0. The van der Waals surface area contributed by atoms with Crippen LogP contribution >= 0.6 is 46.4 Å². The van der Waals surface area contributed by atoms with Crippen LogP contribution in [0.5, 0.6) is 0 Å². The van der Waals surface area contributed by atoms with E-state index < -0.39 is 131 Å². The van der Waals surface area contributed by atoms with E-state index in [2.05, 4.69) is 0 Å². The molecule has 436 valence electrons. The third kappa shape index (κ3) is 12.8. The average Bonchev–Trinajstić information content (AvgIpc) is 2.49. The molecule has 8 unspecified atom stereocenters. The standard InChI is InChI=1S/C64H62Cl4F2N2O9S2/c1-3-63(33-51(43-10-7-12-47(67)30-43)59(41-22-26-45(65)27-23-41)71(61(63)75)54(39-18-19-39)37-82(77,78)50-15-9-14-49(69)32-50)35-57(73)81-58(74)36-64(4-2)34-52(44-11-8-13-48(68)31-44)60(42-24-28-46(66)29-25-42)72(62(64)76)55(40-20-21-40)38-83(79,80)56-17-6-5-16-53(56)70/h5-17,22-32,39-40,51-52,54-55,59-60H,3-4,18-21,33-38H2,1-2H3. The molecule has 6 aromatic rings. The van der Waals surface area contributed by atoms with Crippen LogP contribution in [-0.4, -0.2) is 74.0 Å². The third-order valence-electron chi connectivity index (χ3n) is 17.6. The van der Waals surface area contributed by atoms with Gasteiger partial charge in [0.1, 0.15) is 16.5 Å². The zero-order valence-corrected chi connectivity index (χ0v) is 50.3. The maximum atomic E-state index is 16.0. The topological polar surface area (TPSA) is 152 Å². The SMILES string of the molecule is CCC1(CC(=O)OC(=O)CC2(CC)CC(c3cccc(Cl)c3)C(c3ccc(Cl)cc3)N(C(CS(=O)(=O)c3ccccc3F)C3CC3)C2=O)CC(c2cccc(Cl)c2)C(c2ccc(Cl)cc2)N(C(CS(=O)(=O)c2cccc(F)c2)C2CC2)C1=O. The van der Waals surface area contributed by atoms with Crippen molar-refractivity contribution in [2.45, 2.75) is 124 Å². The summed E-state index contributed by atoms with van der Waals surface area (Å²) in [4.78, 5) is 64.2. The zero-order valence-electron chi connectivity index (χ0n) is 45.6. The Kier molecular flexibility index (Phi) is 17.7. The van der Waals surface area contributed by atoms with Crippen LogP contribution in [-0.2, 0) is 43.6 Å². The Morgan fingerprint density at radius 3 is 1.39 bits per heavy atom. The van der Waals surface area contributed by atoms with Crippen molar-refractivity contribution in [2.24, 2.45) is 22.7 Å². The van der Waals surface area contributed by atoms with Crippen LogP contribution < -0.4 is 0 Å². The van der Waals surface area contributed by atoms with Crippen molar-refractivity contribution in [1.82, 2.24) is 9.80 Å². The fourth-order valence-electron chi connectivity index (χ4n) is 13.1. The lowest BCUT2D eigenvalue weighted by Gasteiger charge is -2.53. The van der Waals surface area contributed by atoms with Crippen molar-refractivity contribution in [1.29, 1.82) is 0 Å². The van der Waals surface area contributed by atoms with Gasteiger partial charge in [-0.25, -0.2) is 25.6 Å². The lowest BCUT2D eigenvalue weighted by molar-refractivity contribution is -0.173. The largest absolute Gasteiger partial charge is 0.393 e. The fourth-order valence-corrected chi connectivity index (χ4v) is 17.1. The van der Waals surface area contributed by atoms with Crippen LogP contribution in [0.3, 0.4) is 0 Å². The monoisotopic (exact) mass is 1240 g/mol. The number of nitrogens with zero attached hydrogens (tertiary/aromatic N) is 2. The van der Waals surface area contributed by atoms with E-state index in [1.54, 1.807) is 109 Å². The lowest BCUT2D eigenvalue weighted by atomic mass is 9.64. The summed E-state index contributed by atoms with van der Waals surface area (Å²) in [5.41, 5.74) is -0.562. The van der Waals surface area contributed by atoms with Crippen LogP contribution in [0.15, 0.2) is 155 Å². The molecular weight excluding hydrogens is 1180 g/mol. The van der Waals surface area contributed by atoms with E-state index in [0.717, 1.165) is 18.2 Å². The Bertz CT molecular complexity index is 3680. The molecule has 0 spiro atoms. The first kappa shape index (κ1) is 60.4. The van der Waals surface area contributed by atoms with Crippen LogP contribution in [0.25, 0.3) is 0 Å². The molecule has 4 fully saturated rings. The molecule has 0 aromatic heterocycles. The molecule has 6 aromatic carbocycles. The van der Waals surface area contributed by atoms with Crippen LogP contribution in [0.2, 0.25) is 20.1 Å². The van der Waals surface area contributed by atoms with Gasteiger partial charge in [0.2, 0.25) is 11.8 Å². The van der Waals surface area contributed by atoms with E-state index in [1.165, 1.54) is 30.3 Å². The predicted molar refractivity (Wildman–Crippen MR) is 315 cm³/mol. The zero-order chi connectivity index (χ0) is 59.2. The van der Waals surface area contributed by atoms with Gasteiger partial charge in [-0.15, -0.1) is 0 Å². The number of carbonyl (C=O) groups excluding carboxylic acids is 4. The first-order chi connectivity index (χ1) is 39.6. The molecule has 4 aliphatic rings. The second kappa shape index (κ2) is 24.4. The molecule has 2 heterocycles. The van der Waals surface area contributed by atoms with Crippen LogP contribution in [0.1, 0.15) is 124 Å². The molecule has 11 nitrogen and oxygen atoms in total. The molecule has 10 rings (SSSR count). The molecule has 0 N–H and O–H groups in total. The molecular formula is C64H62Cl4F2N2O9S2. The molecule has 83 heavy (non-hydrogen) atoms. The highest BCUT2D eigenvalue weighted by Gasteiger charge is 2.59. The van der Waals surface area contributed by atoms with E-state index in [0.29, 0.717) is 68.0 Å². The summed E-state index contributed by atoms with van der Waals surface area (Å²) in [6, 6.07) is 34.2. The van der Waals surface area contributed by atoms with E-state index in [1.807, 2.05) is 12.1 Å². The number of carbonyl (C=O) groups is 4. The number of piperidine rings is 2. The highest BCUT2D eigenvalue weighted by atomic mass is 35.5.